The molecule has 0 radical (unpaired) electrons. The van der Waals surface area contributed by atoms with Crippen LogP contribution >= 0.6 is 11.3 Å². The monoisotopic (exact) mass is 446 g/mol. The number of thiophene rings is 1. The Kier molecular flexibility index (Phi) is 6.64. The van der Waals surface area contributed by atoms with E-state index in [0.29, 0.717) is 23.7 Å². The van der Waals surface area contributed by atoms with Gasteiger partial charge in [-0.1, -0.05) is 6.92 Å². The zero-order valence-electron chi connectivity index (χ0n) is 16.2. The second-order valence-corrected chi connectivity index (χ2v) is 7.88. The fraction of sp³-hybridized carbons (Fsp3) is 0.556. The van der Waals surface area contributed by atoms with Gasteiger partial charge in [-0.05, 0) is 12.5 Å². The maximum absolute atomic E-state index is 12.5. The minimum Gasteiger partial charge on any atom is -0.481 e. The molecular weight excluding hydrogens is 425 g/mol. The van der Waals surface area contributed by atoms with Crippen molar-refractivity contribution < 1.29 is 32.6 Å². The topological polar surface area (TPSA) is 95.9 Å². The highest BCUT2D eigenvalue weighted by molar-refractivity contribution is 7.18. The molecule has 2 aromatic rings. The molecule has 1 aliphatic rings. The molecule has 2 aromatic heterocycles. The van der Waals surface area contributed by atoms with Crippen LogP contribution in [-0.2, 0) is 16.0 Å². The fourth-order valence-corrected chi connectivity index (χ4v) is 4.05. The summed E-state index contributed by atoms with van der Waals surface area (Å²) in [6, 6.07) is 2.02. The Bertz CT molecular complexity index is 926. The van der Waals surface area contributed by atoms with Crippen molar-refractivity contribution in [1.82, 2.24) is 14.9 Å². The van der Waals surface area contributed by atoms with E-state index in [4.69, 9.17) is 9.84 Å². The van der Waals surface area contributed by atoms with Crippen LogP contribution in [0.3, 0.4) is 0 Å². The van der Waals surface area contributed by atoms with Crippen LogP contribution in [0.1, 0.15) is 24.6 Å². The highest BCUT2D eigenvalue weighted by Gasteiger charge is 2.34. The molecule has 1 aliphatic heterocycles. The van der Waals surface area contributed by atoms with Crippen LogP contribution in [0.2, 0.25) is 0 Å². The summed E-state index contributed by atoms with van der Waals surface area (Å²) in [5, 5.41) is 9.57. The number of fused-ring (bicyclic) bond motifs is 1. The minimum atomic E-state index is -4.53. The number of piperazine rings is 1. The first-order valence-corrected chi connectivity index (χ1v) is 10.2. The lowest BCUT2D eigenvalue weighted by molar-refractivity contribution is -0.161. The number of aromatic nitrogens is 2. The number of anilines is 1. The molecule has 30 heavy (non-hydrogen) atoms. The number of amides is 1. The Balaban J connectivity index is 1.78. The summed E-state index contributed by atoms with van der Waals surface area (Å²) in [5.41, 5.74) is 0. The van der Waals surface area contributed by atoms with Crippen molar-refractivity contribution in [1.29, 1.82) is 0 Å². The predicted molar refractivity (Wildman–Crippen MR) is 104 cm³/mol. The van der Waals surface area contributed by atoms with Gasteiger partial charge in [0.1, 0.15) is 23.7 Å². The molecule has 3 rings (SSSR count). The number of alkyl halides is 3. The molecule has 12 heteroatoms. The molecule has 0 unspecified atom stereocenters. The lowest BCUT2D eigenvalue weighted by Crippen LogP contribution is -2.49. The van der Waals surface area contributed by atoms with E-state index in [1.165, 1.54) is 16.2 Å². The molecule has 0 spiro atoms. The number of halogens is 3. The number of nitrogens with zero attached hydrogens (tertiary/aromatic N) is 4. The summed E-state index contributed by atoms with van der Waals surface area (Å²) in [6.45, 7) is 2.88. The number of hydrogen-bond donors (Lipinski definition) is 1. The third-order valence-electron chi connectivity index (χ3n) is 4.58. The Morgan fingerprint density at radius 3 is 2.53 bits per heavy atom. The number of aryl methyl sites for hydroxylation is 1. The average molecular weight is 446 g/mol. The van der Waals surface area contributed by atoms with Crippen LogP contribution in [0, 0.1) is 0 Å². The summed E-state index contributed by atoms with van der Waals surface area (Å²) in [4.78, 5) is 36.2. The lowest BCUT2D eigenvalue weighted by Gasteiger charge is -2.35. The third kappa shape index (κ3) is 5.49. The van der Waals surface area contributed by atoms with E-state index in [1.807, 2.05) is 17.9 Å². The van der Waals surface area contributed by atoms with Gasteiger partial charge in [-0.2, -0.15) is 23.1 Å². The van der Waals surface area contributed by atoms with Crippen LogP contribution in [0.25, 0.3) is 10.2 Å². The zero-order chi connectivity index (χ0) is 21.9. The van der Waals surface area contributed by atoms with Crippen molar-refractivity contribution in [3.8, 4) is 6.01 Å². The van der Waals surface area contributed by atoms with Crippen LogP contribution < -0.4 is 9.64 Å². The summed E-state index contributed by atoms with van der Waals surface area (Å²) in [5.74, 6) is -1.36. The van der Waals surface area contributed by atoms with Gasteiger partial charge in [0, 0.05) is 31.1 Å². The van der Waals surface area contributed by atoms with E-state index >= 15 is 0 Å². The average Bonchev–Trinajstić information content (AvgIpc) is 3.09. The summed E-state index contributed by atoms with van der Waals surface area (Å²) >= 11 is 1.48. The van der Waals surface area contributed by atoms with E-state index in [1.54, 1.807) is 0 Å². The first-order valence-electron chi connectivity index (χ1n) is 9.41. The van der Waals surface area contributed by atoms with Crippen LogP contribution in [0.15, 0.2) is 6.07 Å². The largest absolute Gasteiger partial charge is 0.481 e. The van der Waals surface area contributed by atoms with Crippen molar-refractivity contribution in [3.05, 3.63) is 10.9 Å². The first kappa shape index (κ1) is 22.1. The molecule has 0 aliphatic carbocycles. The van der Waals surface area contributed by atoms with E-state index in [0.717, 1.165) is 16.7 Å². The van der Waals surface area contributed by atoms with Crippen molar-refractivity contribution in [3.63, 3.8) is 0 Å². The van der Waals surface area contributed by atoms with Crippen molar-refractivity contribution >= 4 is 39.2 Å². The Labute approximate surface area is 174 Å². The number of carboxylic acids is 1. The standard InChI is InChI=1S/C18H21F3N4O4S/c1-2-11-9-12-15(22-17(23-16(12)30-11)29-8-3-14(27)28)25-6-4-24(5-7-25)13(26)10-18(19,20)21/h9H,2-8,10H2,1H3,(H,27,28). The maximum atomic E-state index is 12.5. The van der Waals surface area contributed by atoms with Gasteiger partial charge in [0.25, 0.3) is 0 Å². The Hall–Kier alpha value is -2.63. The molecule has 1 amide bonds. The number of carbonyl (C=O) groups is 2. The number of carboxylic acid groups (broad SMARTS) is 1. The number of rotatable bonds is 7. The summed E-state index contributed by atoms with van der Waals surface area (Å²) < 4.78 is 42.9. The van der Waals surface area contributed by atoms with Gasteiger partial charge in [-0.15, -0.1) is 11.3 Å². The van der Waals surface area contributed by atoms with E-state index in [-0.39, 0.29) is 32.1 Å². The fourth-order valence-electron chi connectivity index (χ4n) is 3.10. The summed E-state index contributed by atoms with van der Waals surface area (Å²) in [7, 11) is 0. The van der Waals surface area contributed by atoms with Crippen LogP contribution in [-0.4, -0.2) is 70.8 Å². The third-order valence-corrected chi connectivity index (χ3v) is 5.76. The Morgan fingerprint density at radius 1 is 1.23 bits per heavy atom. The molecule has 3 heterocycles. The van der Waals surface area contributed by atoms with Crippen molar-refractivity contribution in [2.24, 2.45) is 0 Å². The number of carbonyl (C=O) groups excluding carboxylic acids is 1. The molecule has 0 bridgehead atoms. The second kappa shape index (κ2) is 9.02. The molecule has 164 valence electrons. The van der Waals surface area contributed by atoms with Gasteiger partial charge in [0.2, 0.25) is 5.91 Å². The SMILES string of the molecule is CCc1cc2c(N3CCN(C(=O)CC(F)(F)F)CC3)nc(OCCC(=O)O)nc2s1. The van der Waals surface area contributed by atoms with E-state index in [2.05, 4.69) is 9.97 Å². The lowest BCUT2D eigenvalue weighted by atomic mass is 10.2. The first-order chi connectivity index (χ1) is 14.2. The molecule has 0 saturated carbocycles. The number of aliphatic carboxylic acids is 1. The molecule has 8 nitrogen and oxygen atoms in total. The minimum absolute atomic E-state index is 0.0545. The molecular formula is C18H21F3N4O4S. The van der Waals surface area contributed by atoms with Gasteiger partial charge < -0.3 is 19.6 Å². The molecule has 1 fully saturated rings. The molecule has 0 atom stereocenters. The highest BCUT2D eigenvalue weighted by Crippen LogP contribution is 2.33. The Morgan fingerprint density at radius 2 is 1.93 bits per heavy atom. The normalized spacial score (nSPS) is 14.9. The van der Waals surface area contributed by atoms with Crippen LogP contribution in [0.5, 0.6) is 6.01 Å². The van der Waals surface area contributed by atoms with Gasteiger partial charge in [-0.3, -0.25) is 9.59 Å². The highest BCUT2D eigenvalue weighted by atomic mass is 32.1. The number of ether oxygens (including phenoxy) is 1. The number of hydrogen-bond acceptors (Lipinski definition) is 7. The van der Waals surface area contributed by atoms with Gasteiger partial charge in [0.15, 0.2) is 0 Å². The molecule has 0 aromatic carbocycles. The maximum Gasteiger partial charge on any atom is 0.397 e. The zero-order valence-corrected chi connectivity index (χ0v) is 17.1. The smallest absolute Gasteiger partial charge is 0.397 e. The second-order valence-electron chi connectivity index (χ2n) is 6.77. The van der Waals surface area contributed by atoms with Gasteiger partial charge in [-0.25, -0.2) is 0 Å². The van der Waals surface area contributed by atoms with Gasteiger partial charge in [0.05, 0.1) is 11.8 Å². The molecule has 1 saturated heterocycles. The van der Waals surface area contributed by atoms with Crippen LogP contribution in [0.4, 0.5) is 19.0 Å². The van der Waals surface area contributed by atoms with E-state index in [9.17, 15) is 22.8 Å². The van der Waals surface area contributed by atoms with Crippen molar-refractivity contribution in [2.75, 3.05) is 37.7 Å². The summed E-state index contributed by atoms with van der Waals surface area (Å²) in [6.07, 6.45) is -5.38. The van der Waals surface area contributed by atoms with Crippen molar-refractivity contribution in [2.45, 2.75) is 32.4 Å². The molecule has 1 N–H and O–H groups in total. The van der Waals surface area contributed by atoms with Gasteiger partial charge >= 0.3 is 18.2 Å². The predicted octanol–water partition coefficient (Wildman–Crippen LogP) is 2.71. The quantitative estimate of drug-likeness (QED) is 0.699. The van der Waals surface area contributed by atoms with E-state index < -0.39 is 24.5 Å².